The Balaban J connectivity index is 1.80. The molecule has 0 aliphatic carbocycles. The van der Waals surface area contributed by atoms with Gasteiger partial charge in [-0.3, -0.25) is 4.79 Å². The number of esters is 1. The van der Waals surface area contributed by atoms with Crippen molar-refractivity contribution in [3.63, 3.8) is 0 Å². The van der Waals surface area contributed by atoms with Crippen LogP contribution in [0.4, 0.5) is 0 Å². The van der Waals surface area contributed by atoms with E-state index in [1.54, 1.807) is 18.2 Å². The first kappa shape index (κ1) is 16.3. The van der Waals surface area contributed by atoms with Gasteiger partial charge in [-0.25, -0.2) is 9.78 Å². The Labute approximate surface area is 142 Å². The zero-order valence-corrected chi connectivity index (χ0v) is 14.5. The summed E-state index contributed by atoms with van der Waals surface area (Å²) in [5.41, 5.74) is 1.60. The molecule has 6 nitrogen and oxygen atoms in total. The van der Waals surface area contributed by atoms with Crippen LogP contribution < -0.4 is 5.56 Å². The van der Waals surface area contributed by atoms with Crippen molar-refractivity contribution in [2.45, 2.75) is 33.3 Å². The number of benzene rings is 1. The van der Waals surface area contributed by atoms with Gasteiger partial charge in [0, 0.05) is 12.0 Å². The molecular weight excluding hydrogens is 326 g/mol. The second kappa shape index (κ2) is 6.52. The third-order valence-electron chi connectivity index (χ3n) is 3.41. The molecule has 0 N–H and O–H groups in total. The van der Waals surface area contributed by atoms with Crippen molar-refractivity contribution >= 4 is 22.3 Å². The summed E-state index contributed by atoms with van der Waals surface area (Å²) in [6.45, 7) is 5.87. The third-order valence-corrected chi connectivity index (χ3v) is 4.62. The third kappa shape index (κ3) is 3.35. The van der Waals surface area contributed by atoms with Crippen LogP contribution in [0.5, 0.6) is 0 Å². The molecule has 7 heteroatoms. The average Bonchev–Trinajstić information content (AvgIpc) is 2.97. The fraction of sp³-hybridized carbons (Fsp3) is 0.294. The lowest BCUT2D eigenvalue weighted by molar-refractivity contribution is 0.0467. The Morgan fingerprint density at radius 3 is 2.83 bits per heavy atom. The normalized spacial score (nSPS) is 11.2. The molecule has 1 aromatic carbocycles. The minimum atomic E-state index is -0.437. The van der Waals surface area contributed by atoms with Gasteiger partial charge in [0.15, 0.2) is 0 Å². The molecule has 3 aromatic rings. The molecule has 0 bridgehead atoms. The minimum absolute atomic E-state index is 0.0482. The van der Waals surface area contributed by atoms with E-state index in [9.17, 15) is 9.59 Å². The molecule has 0 unspecified atom stereocenters. The van der Waals surface area contributed by atoms with Gasteiger partial charge in [0.05, 0.1) is 11.3 Å². The fourth-order valence-corrected chi connectivity index (χ4v) is 3.10. The summed E-state index contributed by atoms with van der Waals surface area (Å²) in [6.07, 6.45) is 0. The second-order valence-corrected chi connectivity index (χ2v) is 6.81. The molecule has 124 valence electrons. The average molecular weight is 343 g/mol. The SMILES string of the molecule is Cc1cccc(C(=O)OCc2cc(=O)n3nc(C(C)C)sc3n2)c1. The van der Waals surface area contributed by atoms with Gasteiger partial charge in [-0.15, -0.1) is 0 Å². The van der Waals surface area contributed by atoms with Gasteiger partial charge in [0.1, 0.15) is 11.6 Å². The summed E-state index contributed by atoms with van der Waals surface area (Å²) in [5, 5.41) is 5.10. The lowest BCUT2D eigenvalue weighted by Gasteiger charge is -2.05. The number of carbonyl (C=O) groups excluding carboxylic acids is 1. The highest BCUT2D eigenvalue weighted by atomic mass is 32.1. The highest BCUT2D eigenvalue weighted by Crippen LogP contribution is 2.20. The first-order chi connectivity index (χ1) is 11.4. The van der Waals surface area contributed by atoms with Crippen molar-refractivity contribution in [1.29, 1.82) is 0 Å². The lowest BCUT2D eigenvalue weighted by atomic mass is 10.1. The van der Waals surface area contributed by atoms with Crippen LogP contribution in [0, 0.1) is 6.92 Å². The van der Waals surface area contributed by atoms with Gasteiger partial charge in [-0.2, -0.15) is 9.61 Å². The second-order valence-electron chi connectivity index (χ2n) is 5.82. The Morgan fingerprint density at radius 2 is 2.12 bits per heavy atom. The maximum Gasteiger partial charge on any atom is 0.338 e. The van der Waals surface area contributed by atoms with Crippen molar-refractivity contribution in [2.24, 2.45) is 0 Å². The highest BCUT2D eigenvalue weighted by molar-refractivity contribution is 7.16. The van der Waals surface area contributed by atoms with E-state index in [1.807, 2.05) is 26.8 Å². The lowest BCUT2D eigenvalue weighted by Crippen LogP contribution is -2.16. The number of carbonyl (C=O) groups is 1. The van der Waals surface area contributed by atoms with E-state index in [0.29, 0.717) is 16.2 Å². The first-order valence-electron chi connectivity index (χ1n) is 7.57. The molecule has 0 saturated carbocycles. The van der Waals surface area contributed by atoms with Crippen LogP contribution in [0.1, 0.15) is 46.4 Å². The minimum Gasteiger partial charge on any atom is -0.456 e. The number of hydrogen-bond acceptors (Lipinski definition) is 6. The molecule has 0 radical (unpaired) electrons. The van der Waals surface area contributed by atoms with Crippen molar-refractivity contribution in [1.82, 2.24) is 14.6 Å². The van der Waals surface area contributed by atoms with Gasteiger partial charge in [-0.1, -0.05) is 42.9 Å². The van der Waals surface area contributed by atoms with Crippen molar-refractivity contribution in [3.05, 3.63) is 62.5 Å². The maximum absolute atomic E-state index is 12.1. The predicted molar refractivity (Wildman–Crippen MR) is 91.5 cm³/mol. The summed E-state index contributed by atoms with van der Waals surface area (Å²) < 4.78 is 6.55. The van der Waals surface area contributed by atoms with Gasteiger partial charge in [0.25, 0.3) is 5.56 Å². The Kier molecular flexibility index (Phi) is 4.44. The quantitative estimate of drug-likeness (QED) is 0.681. The molecular formula is C17H17N3O3S. The molecule has 0 saturated heterocycles. The predicted octanol–water partition coefficient (Wildman–Crippen LogP) is 2.94. The number of fused-ring (bicyclic) bond motifs is 1. The van der Waals surface area contributed by atoms with E-state index < -0.39 is 5.97 Å². The molecule has 0 amide bonds. The van der Waals surface area contributed by atoms with Crippen LogP contribution >= 0.6 is 11.3 Å². The number of hydrogen-bond donors (Lipinski definition) is 0. The molecule has 0 aliphatic rings. The summed E-state index contributed by atoms with van der Waals surface area (Å²) in [6, 6.07) is 8.50. The molecule has 0 atom stereocenters. The van der Waals surface area contributed by atoms with Crippen LogP contribution in [-0.4, -0.2) is 20.6 Å². The Hall–Kier alpha value is -2.54. The van der Waals surface area contributed by atoms with Crippen molar-refractivity contribution < 1.29 is 9.53 Å². The van der Waals surface area contributed by atoms with E-state index in [1.165, 1.54) is 21.9 Å². The summed E-state index contributed by atoms with van der Waals surface area (Å²) in [4.78, 5) is 29.1. The summed E-state index contributed by atoms with van der Waals surface area (Å²) >= 11 is 1.37. The summed E-state index contributed by atoms with van der Waals surface area (Å²) in [5.74, 6) is -0.216. The molecule has 0 fully saturated rings. The van der Waals surface area contributed by atoms with Gasteiger partial charge < -0.3 is 4.74 Å². The smallest absolute Gasteiger partial charge is 0.338 e. The first-order valence-corrected chi connectivity index (χ1v) is 8.39. The van der Waals surface area contributed by atoms with E-state index in [4.69, 9.17) is 4.74 Å². The zero-order chi connectivity index (χ0) is 17.3. The molecule has 3 rings (SSSR count). The molecule has 24 heavy (non-hydrogen) atoms. The number of rotatable bonds is 4. The zero-order valence-electron chi connectivity index (χ0n) is 13.6. The number of aromatic nitrogens is 3. The highest BCUT2D eigenvalue weighted by Gasteiger charge is 2.13. The van der Waals surface area contributed by atoms with E-state index in [2.05, 4.69) is 10.1 Å². The van der Waals surface area contributed by atoms with Crippen molar-refractivity contribution in [3.8, 4) is 0 Å². The van der Waals surface area contributed by atoms with E-state index >= 15 is 0 Å². The monoisotopic (exact) mass is 343 g/mol. The van der Waals surface area contributed by atoms with Gasteiger partial charge in [-0.05, 0) is 19.1 Å². The number of aryl methyl sites for hydroxylation is 1. The Bertz CT molecular complexity index is 959. The van der Waals surface area contributed by atoms with Gasteiger partial charge >= 0.3 is 5.97 Å². The van der Waals surface area contributed by atoms with Crippen LogP contribution in [0.2, 0.25) is 0 Å². The van der Waals surface area contributed by atoms with E-state index in [0.717, 1.165) is 10.6 Å². The molecule has 0 spiro atoms. The molecule has 0 aliphatic heterocycles. The Morgan fingerprint density at radius 1 is 1.33 bits per heavy atom. The van der Waals surface area contributed by atoms with Crippen molar-refractivity contribution in [2.75, 3.05) is 0 Å². The van der Waals surface area contributed by atoms with Gasteiger partial charge in [0.2, 0.25) is 4.96 Å². The van der Waals surface area contributed by atoms with Crippen LogP contribution in [0.15, 0.2) is 35.1 Å². The largest absolute Gasteiger partial charge is 0.456 e. The number of nitrogens with zero attached hydrogens (tertiary/aromatic N) is 3. The van der Waals surface area contributed by atoms with Crippen LogP contribution in [0.25, 0.3) is 4.96 Å². The summed E-state index contributed by atoms with van der Waals surface area (Å²) in [7, 11) is 0. The topological polar surface area (TPSA) is 73.6 Å². The maximum atomic E-state index is 12.1. The number of ether oxygens (including phenoxy) is 1. The van der Waals surface area contributed by atoms with E-state index in [-0.39, 0.29) is 18.1 Å². The van der Waals surface area contributed by atoms with Crippen LogP contribution in [0.3, 0.4) is 0 Å². The fourth-order valence-electron chi connectivity index (χ4n) is 2.17. The van der Waals surface area contributed by atoms with Crippen LogP contribution in [-0.2, 0) is 11.3 Å². The molecule has 2 aromatic heterocycles. The molecule has 2 heterocycles. The standard InChI is InChI=1S/C17H17N3O3S/c1-10(2)15-19-20-14(21)8-13(18-17(20)24-15)9-23-16(22)12-6-4-5-11(3)7-12/h4-8,10H,9H2,1-3H3.